The lowest BCUT2D eigenvalue weighted by atomic mass is 10.0. The van der Waals surface area contributed by atoms with E-state index in [9.17, 15) is 30.8 Å². The number of ether oxygens (including phenoxy) is 1. The van der Waals surface area contributed by atoms with Crippen molar-refractivity contribution in [1.29, 1.82) is 0 Å². The third-order valence-corrected chi connectivity index (χ3v) is 7.90. The summed E-state index contributed by atoms with van der Waals surface area (Å²) in [5.74, 6) is 0.296. The molecule has 7 nitrogen and oxygen atoms in total. The second-order valence-corrected chi connectivity index (χ2v) is 11.3. The van der Waals surface area contributed by atoms with E-state index in [2.05, 4.69) is 4.98 Å². The molecule has 0 aliphatic carbocycles. The van der Waals surface area contributed by atoms with Gasteiger partial charge in [-0.2, -0.15) is 21.6 Å². The summed E-state index contributed by atoms with van der Waals surface area (Å²) in [6, 6.07) is 14.4. The van der Waals surface area contributed by atoms with Crippen molar-refractivity contribution in [2.24, 2.45) is 0 Å². The number of hydrogen-bond acceptors (Lipinski definition) is 7. The Labute approximate surface area is 222 Å². The van der Waals surface area contributed by atoms with E-state index in [1.807, 2.05) is 0 Å². The summed E-state index contributed by atoms with van der Waals surface area (Å²) in [6.07, 6.45) is -0.0148. The van der Waals surface area contributed by atoms with Crippen molar-refractivity contribution in [3.8, 4) is 5.75 Å². The van der Waals surface area contributed by atoms with Gasteiger partial charge in [0.15, 0.2) is 5.43 Å². The fraction of sp³-hybridized carbons (Fsp3) is 0.154. The van der Waals surface area contributed by atoms with Gasteiger partial charge in [-0.3, -0.25) is 9.52 Å². The van der Waals surface area contributed by atoms with Gasteiger partial charge in [-0.1, -0.05) is 12.1 Å². The topological polar surface area (TPSA) is 98.5 Å². The van der Waals surface area contributed by atoms with Crippen LogP contribution in [0.15, 0.2) is 69.9 Å². The Morgan fingerprint density at radius 1 is 1.08 bits per heavy atom. The van der Waals surface area contributed by atoms with Crippen LogP contribution in [0.2, 0.25) is 0 Å². The Kier molecular flexibility index (Phi) is 6.81. The molecule has 0 amide bonds. The maximum atomic E-state index is 13.4. The number of aromatic nitrogens is 1. The van der Waals surface area contributed by atoms with Crippen LogP contribution in [0.4, 0.5) is 23.2 Å². The number of hydrogen-bond donors (Lipinski definition) is 1. The van der Waals surface area contributed by atoms with Gasteiger partial charge in [-0.15, -0.1) is 11.3 Å². The zero-order chi connectivity index (χ0) is 27.9. The van der Waals surface area contributed by atoms with Gasteiger partial charge in [-0.05, 0) is 55.0 Å². The van der Waals surface area contributed by atoms with Crippen LogP contribution < -0.4 is 14.9 Å². The second kappa shape index (κ2) is 9.97. The van der Waals surface area contributed by atoms with Gasteiger partial charge in [0.1, 0.15) is 34.5 Å². The molecule has 0 atom stereocenters. The van der Waals surface area contributed by atoms with E-state index in [-0.39, 0.29) is 40.9 Å². The molecule has 13 heteroatoms. The van der Waals surface area contributed by atoms with E-state index in [0.29, 0.717) is 33.2 Å². The van der Waals surface area contributed by atoms with Crippen molar-refractivity contribution >= 4 is 48.2 Å². The molecule has 5 rings (SSSR count). The largest absolute Gasteiger partial charge is 0.516 e. The number of alkyl halides is 3. The quantitative estimate of drug-likeness (QED) is 0.228. The van der Waals surface area contributed by atoms with Gasteiger partial charge >= 0.3 is 15.5 Å². The van der Waals surface area contributed by atoms with Gasteiger partial charge in [-0.25, -0.2) is 9.37 Å². The summed E-state index contributed by atoms with van der Waals surface area (Å²) in [5.41, 5.74) is -4.64. The third-order valence-electron chi connectivity index (χ3n) is 5.78. The van der Waals surface area contributed by atoms with E-state index < -0.39 is 15.5 Å². The second-order valence-electron chi connectivity index (χ2n) is 8.56. The lowest BCUT2D eigenvalue weighted by Gasteiger charge is -2.12. The summed E-state index contributed by atoms with van der Waals surface area (Å²) in [4.78, 5) is 17.7. The molecule has 0 saturated carbocycles. The lowest BCUT2D eigenvalue weighted by molar-refractivity contribution is -0.0429. The number of anilines is 1. The maximum Gasteiger partial charge on any atom is 0.516 e. The Morgan fingerprint density at radius 3 is 2.64 bits per heavy atom. The van der Waals surface area contributed by atoms with Crippen molar-refractivity contribution in [1.82, 2.24) is 4.98 Å². The number of rotatable bonds is 7. The minimum absolute atomic E-state index is 0.0148. The Morgan fingerprint density at radius 2 is 1.87 bits per heavy atom. The van der Waals surface area contributed by atoms with Crippen molar-refractivity contribution in [2.45, 2.75) is 25.5 Å². The molecular weight excluding hydrogens is 560 g/mol. The molecule has 0 fully saturated rings. The highest BCUT2D eigenvalue weighted by atomic mass is 32.2. The summed E-state index contributed by atoms with van der Waals surface area (Å²) >= 11 is 1.36. The molecule has 0 saturated heterocycles. The first-order valence-electron chi connectivity index (χ1n) is 11.3. The van der Waals surface area contributed by atoms with Crippen LogP contribution in [-0.2, 0) is 23.1 Å². The van der Waals surface area contributed by atoms with Crippen LogP contribution in [0.5, 0.6) is 5.75 Å². The van der Waals surface area contributed by atoms with E-state index in [1.54, 1.807) is 31.2 Å². The molecule has 5 aromatic rings. The van der Waals surface area contributed by atoms with Gasteiger partial charge in [0.2, 0.25) is 0 Å². The molecule has 0 radical (unpaired) electrons. The van der Waals surface area contributed by atoms with Gasteiger partial charge < -0.3 is 9.15 Å². The summed E-state index contributed by atoms with van der Waals surface area (Å²) in [5, 5.41) is 0.849. The fourth-order valence-corrected chi connectivity index (χ4v) is 5.35. The predicted molar refractivity (Wildman–Crippen MR) is 139 cm³/mol. The zero-order valence-corrected chi connectivity index (χ0v) is 21.6. The molecule has 2 heterocycles. The summed E-state index contributed by atoms with van der Waals surface area (Å²) in [6.45, 7) is 1.68. The standard InChI is InChI=1S/C26H18F4N2O5S2/c1-14-19(10-15-3-2-4-17(9-15)32-39(34,35)26(28,29)30)25(33)20-12-18(6-7-22(20)37-14)36-13-24-31-21-11-16(27)5-8-23(21)38-24/h2-9,11-12,32H,10,13H2,1H3. The molecule has 0 spiro atoms. The van der Waals surface area contributed by atoms with Crippen LogP contribution in [0.3, 0.4) is 0 Å². The Hall–Kier alpha value is -3.97. The SMILES string of the molecule is Cc1oc2ccc(OCc3nc4cc(F)ccc4s3)cc2c(=O)c1Cc1cccc(NS(=O)(=O)C(F)(F)F)c1. The number of sulfonamides is 1. The van der Waals surface area contributed by atoms with E-state index in [0.717, 1.165) is 4.70 Å². The average molecular weight is 579 g/mol. The van der Waals surface area contributed by atoms with Crippen LogP contribution in [0.25, 0.3) is 21.2 Å². The maximum absolute atomic E-state index is 13.4. The van der Waals surface area contributed by atoms with E-state index in [1.165, 1.54) is 52.5 Å². The number of benzene rings is 3. The normalized spacial score (nSPS) is 12.2. The number of aryl methyl sites for hydroxylation is 1. The highest BCUT2D eigenvalue weighted by molar-refractivity contribution is 7.93. The first kappa shape index (κ1) is 26.6. The van der Waals surface area contributed by atoms with Gasteiger partial charge in [0, 0.05) is 23.7 Å². The van der Waals surface area contributed by atoms with Crippen LogP contribution in [0.1, 0.15) is 21.9 Å². The molecular formula is C26H18F4N2O5S2. The molecule has 0 aliphatic rings. The Bertz CT molecular complexity index is 1880. The molecule has 0 unspecified atom stereocenters. The van der Waals surface area contributed by atoms with Crippen LogP contribution in [-0.4, -0.2) is 18.9 Å². The molecule has 0 bridgehead atoms. The van der Waals surface area contributed by atoms with Crippen molar-refractivity contribution in [3.05, 3.63) is 98.6 Å². The van der Waals surface area contributed by atoms with Crippen molar-refractivity contribution < 1.29 is 35.1 Å². The number of thiazole rings is 1. The molecule has 3 aromatic carbocycles. The lowest BCUT2D eigenvalue weighted by Crippen LogP contribution is -2.29. The average Bonchev–Trinajstić information content (AvgIpc) is 3.27. The first-order valence-corrected chi connectivity index (χ1v) is 13.6. The minimum atomic E-state index is -5.59. The first-order chi connectivity index (χ1) is 18.4. The van der Waals surface area contributed by atoms with Crippen LogP contribution >= 0.6 is 11.3 Å². The fourth-order valence-electron chi connectivity index (χ4n) is 3.94. The minimum Gasteiger partial charge on any atom is -0.486 e. The molecule has 1 N–H and O–H groups in total. The van der Waals surface area contributed by atoms with Crippen molar-refractivity contribution in [2.75, 3.05) is 4.72 Å². The van der Waals surface area contributed by atoms with E-state index >= 15 is 0 Å². The number of fused-ring (bicyclic) bond motifs is 2. The summed E-state index contributed by atoms with van der Waals surface area (Å²) in [7, 11) is -5.59. The number of halogens is 4. The summed E-state index contributed by atoms with van der Waals surface area (Å²) < 4.78 is 88.5. The number of nitrogens with one attached hydrogen (secondary N) is 1. The van der Waals surface area contributed by atoms with Crippen molar-refractivity contribution in [3.63, 3.8) is 0 Å². The van der Waals surface area contributed by atoms with E-state index in [4.69, 9.17) is 9.15 Å². The predicted octanol–water partition coefficient (Wildman–Crippen LogP) is 6.28. The molecule has 39 heavy (non-hydrogen) atoms. The Balaban J connectivity index is 1.39. The third kappa shape index (κ3) is 5.59. The smallest absolute Gasteiger partial charge is 0.486 e. The molecule has 0 aliphatic heterocycles. The highest BCUT2D eigenvalue weighted by Crippen LogP contribution is 2.28. The molecule has 202 valence electrons. The van der Waals surface area contributed by atoms with Crippen LogP contribution in [0, 0.1) is 12.7 Å². The molecule has 2 aromatic heterocycles. The zero-order valence-electron chi connectivity index (χ0n) is 20.0. The number of nitrogens with zero attached hydrogens (tertiary/aromatic N) is 1. The van der Waals surface area contributed by atoms with Gasteiger partial charge in [0.25, 0.3) is 0 Å². The highest BCUT2D eigenvalue weighted by Gasteiger charge is 2.46. The van der Waals surface area contributed by atoms with Gasteiger partial charge in [0.05, 0.1) is 15.6 Å². The monoisotopic (exact) mass is 578 g/mol.